The standard InChI is InChI=1S/C33H32N8O/c34-30-29(31-39-32(24-11-7-17-35-19-24)41(40-31)25-12-2-1-3-13-25)37-28(20-36-30)22-9-6-10-23(18-22)33(42)38-27-16-15-21-8-4-5-14-26(21)27/h1-6,8-10,12-14,18,20,24,27,35H,7,11,15-17,19H2,(H2,34,36)(H,38,42)/t24?,27-/m0/s1. The van der Waals surface area contributed by atoms with Crippen molar-refractivity contribution < 1.29 is 4.79 Å². The topological polar surface area (TPSA) is 124 Å². The van der Waals surface area contributed by atoms with Crippen LogP contribution in [0.4, 0.5) is 5.82 Å². The zero-order valence-electron chi connectivity index (χ0n) is 23.2. The Bertz CT molecular complexity index is 1740. The lowest BCUT2D eigenvalue weighted by Gasteiger charge is -2.22. The smallest absolute Gasteiger partial charge is 0.251 e. The molecule has 9 nitrogen and oxygen atoms in total. The zero-order valence-corrected chi connectivity index (χ0v) is 23.2. The largest absolute Gasteiger partial charge is 0.382 e. The summed E-state index contributed by atoms with van der Waals surface area (Å²) in [6, 6.07) is 25.7. The van der Waals surface area contributed by atoms with Gasteiger partial charge in [-0.05, 0) is 67.6 Å². The van der Waals surface area contributed by atoms with Crippen molar-refractivity contribution >= 4 is 11.7 Å². The van der Waals surface area contributed by atoms with Crippen LogP contribution in [0.25, 0.3) is 28.5 Å². The molecule has 1 amide bonds. The number of nitrogens with two attached hydrogens (primary N) is 1. The molecule has 2 aromatic heterocycles. The molecule has 1 aliphatic carbocycles. The Morgan fingerprint density at radius 1 is 0.976 bits per heavy atom. The van der Waals surface area contributed by atoms with Crippen LogP contribution in [-0.2, 0) is 6.42 Å². The predicted octanol–water partition coefficient (Wildman–Crippen LogP) is 4.86. The maximum absolute atomic E-state index is 13.3. The van der Waals surface area contributed by atoms with Gasteiger partial charge in [-0.15, -0.1) is 5.10 Å². The van der Waals surface area contributed by atoms with Gasteiger partial charge < -0.3 is 16.4 Å². The molecule has 4 N–H and O–H groups in total. The van der Waals surface area contributed by atoms with E-state index in [9.17, 15) is 4.79 Å². The van der Waals surface area contributed by atoms with E-state index in [4.69, 9.17) is 20.8 Å². The SMILES string of the molecule is Nc1ncc(-c2cccc(C(=O)N[C@H]3CCc4ccccc43)c2)nc1-c1nc(C2CCCNC2)n(-c2ccccc2)n1. The average Bonchev–Trinajstić information content (AvgIpc) is 3.67. The third kappa shape index (κ3) is 5.03. The summed E-state index contributed by atoms with van der Waals surface area (Å²) in [6.07, 6.45) is 5.61. The van der Waals surface area contributed by atoms with E-state index >= 15 is 0 Å². The number of nitrogens with one attached hydrogen (secondary N) is 2. The molecule has 0 bridgehead atoms. The second-order valence-electron chi connectivity index (χ2n) is 10.9. The number of aryl methyl sites for hydroxylation is 1. The van der Waals surface area contributed by atoms with Gasteiger partial charge in [0, 0.05) is 23.6 Å². The van der Waals surface area contributed by atoms with Crippen LogP contribution in [0.1, 0.15) is 58.5 Å². The lowest BCUT2D eigenvalue weighted by atomic mass is 9.99. The molecule has 1 aliphatic heterocycles. The number of benzene rings is 3. The minimum absolute atomic E-state index is 0.0136. The molecule has 1 fully saturated rings. The molecular weight excluding hydrogens is 524 g/mol. The summed E-state index contributed by atoms with van der Waals surface area (Å²) >= 11 is 0. The molecule has 0 radical (unpaired) electrons. The highest BCUT2D eigenvalue weighted by atomic mass is 16.1. The van der Waals surface area contributed by atoms with Crippen molar-refractivity contribution in [3.63, 3.8) is 0 Å². The van der Waals surface area contributed by atoms with E-state index in [-0.39, 0.29) is 23.7 Å². The van der Waals surface area contributed by atoms with E-state index in [0.29, 0.717) is 22.8 Å². The van der Waals surface area contributed by atoms with Crippen LogP contribution < -0.4 is 16.4 Å². The molecular formula is C33H32N8O. The molecule has 2 atom stereocenters. The lowest BCUT2D eigenvalue weighted by molar-refractivity contribution is 0.0936. The van der Waals surface area contributed by atoms with E-state index in [0.717, 1.165) is 55.8 Å². The van der Waals surface area contributed by atoms with Crippen molar-refractivity contribution in [1.82, 2.24) is 35.4 Å². The number of anilines is 1. The molecule has 1 unspecified atom stereocenters. The molecule has 9 heteroatoms. The maximum atomic E-state index is 13.3. The first-order valence-corrected chi connectivity index (χ1v) is 14.5. The number of carbonyl (C=O) groups is 1. The molecule has 42 heavy (non-hydrogen) atoms. The molecule has 3 aromatic carbocycles. The van der Waals surface area contributed by atoms with Crippen LogP contribution in [0.3, 0.4) is 0 Å². The van der Waals surface area contributed by atoms with Crippen LogP contribution in [0.2, 0.25) is 0 Å². The second kappa shape index (κ2) is 11.2. The van der Waals surface area contributed by atoms with Crippen molar-refractivity contribution in [2.75, 3.05) is 18.8 Å². The Kier molecular flexibility index (Phi) is 6.93. The number of amides is 1. The minimum atomic E-state index is -0.115. The van der Waals surface area contributed by atoms with Gasteiger partial charge in [0.1, 0.15) is 5.82 Å². The Morgan fingerprint density at radius 3 is 2.69 bits per heavy atom. The molecule has 2 aliphatic rings. The van der Waals surface area contributed by atoms with Gasteiger partial charge in [-0.25, -0.2) is 19.6 Å². The first-order chi connectivity index (χ1) is 20.6. The van der Waals surface area contributed by atoms with Crippen molar-refractivity contribution in [3.8, 4) is 28.5 Å². The van der Waals surface area contributed by atoms with Crippen LogP contribution in [0.5, 0.6) is 0 Å². The third-order valence-electron chi connectivity index (χ3n) is 8.17. The number of hydrogen-bond donors (Lipinski definition) is 3. The van der Waals surface area contributed by atoms with Gasteiger partial charge in [-0.1, -0.05) is 54.6 Å². The summed E-state index contributed by atoms with van der Waals surface area (Å²) in [7, 11) is 0. The highest BCUT2D eigenvalue weighted by Crippen LogP contribution is 2.32. The second-order valence-corrected chi connectivity index (χ2v) is 10.9. The highest BCUT2D eigenvalue weighted by molar-refractivity contribution is 5.95. The first kappa shape index (κ1) is 26.0. The quantitative estimate of drug-likeness (QED) is 0.273. The summed E-state index contributed by atoms with van der Waals surface area (Å²) in [5.41, 5.74) is 12.1. The molecule has 0 saturated carbocycles. The number of nitrogens with zero attached hydrogens (tertiary/aromatic N) is 5. The number of carbonyl (C=O) groups excluding carboxylic acids is 1. The molecule has 7 rings (SSSR count). The fourth-order valence-electron chi connectivity index (χ4n) is 5.99. The number of rotatable bonds is 6. The minimum Gasteiger partial charge on any atom is -0.382 e. The van der Waals surface area contributed by atoms with Gasteiger partial charge in [0.05, 0.1) is 23.6 Å². The first-order valence-electron chi connectivity index (χ1n) is 14.5. The Labute approximate surface area is 244 Å². The van der Waals surface area contributed by atoms with E-state index in [1.54, 1.807) is 6.20 Å². The number of piperidine rings is 1. The van der Waals surface area contributed by atoms with Crippen LogP contribution in [0.15, 0.2) is 85.1 Å². The average molecular weight is 557 g/mol. The summed E-state index contributed by atoms with van der Waals surface area (Å²) in [6.45, 7) is 1.85. The lowest BCUT2D eigenvalue weighted by Crippen LogP contribution is -2.30. The zero-order chi connectivity index (χ0) is 28.5. The number of nitrogen functional groups attached to an aromatic ring is 1. The van der Waals surface area contributed by atoms with Gasteiger partial charge in [0.25, 0.3) is 5.91 Å². The van der Waals surface area contributed by atoms with E-state index in [1.807, 2.05) is 71.4 Å². The molecule has 210 valence electrons. The van der Waals surface area contributed by atoms with Gasteiger partial charge in [0.15, 0.2) is 11.5 Å². The summed E-state index contributed by atoms with van der Waals surface area (Å²) in [4.78, 5) is 27.5. The Balaban J connectivity index is 1.20. The third-order valence-corrected chi connectivity index (χ3v) is 8.17. The summed E-state index contributed by atoms with van der Waals surface area (Å²) in [5.74, 6) is 1.67. The summed E-state index contributed by atoms with van der Waals surface area (Å²) in [5, 5.41) is 11.6. The van der Waals surface area contributed by atoms with Crippen LogP contribution in [-0.4, -0.2) is 43.7 Å². The van der Waals surface area contributed by atoms with Crippen molar-refractivity contribution in [2.45, 2.75) is 37.6 Å². The normalized spacial score (nSPS) is 18.0. The maximum Gasteiger partial charge on any atom is 0.251 e. The van der Waals surface area contributed by atoms with Gasteiger partial charge in [-0.2, -0.15) is 0 Å². The molecule has 1 saturated heterocycles. The van der Waals surface area contributed by atoms with Crippen LogP contribution >= 0.6 is 0 Å². The Hall–Kier alpha value is -4.89. The van der Waals surface area contributed by atoms with Crippen molar-refractivity contribution in [1.29, 1.82) is 0 Å². The molecule has 5 aromatic rings. The monoisotopic (exact) mass is 556 g/mol. The number of para-hydroxylation sites is 1. The predicted molar refractivity (Wildman–Crippen MR) is 162 cm³/mol. The fraction of sp³-hybridized carbons (Fsp3) is 0.242. The fourth-order valence-corrected chi connectivity index (χ4v) is 5.99. The number of fused-ring (bicyclic) bond motifs is 1. The number of hydrogen-bond acceptors (Lipinski definition) is 7. The highest BCUT2D eigenvalue weighted by Gasteiger charge is 2.26. The van der Waals surface area contributed by atoms with Crippen molar-refractivity contribution in [3.05, 3.63) is 108 Å². The van der Waals surface area contributed by atoms with Crippen molar-refractivity contribution in [2.24, 2.45) is 0 Å². The molecule has 3 heterocycles. The van der Waals surface area contributed by atoms with E-state index < -0.39 is 0 Å². The van der Waals surface area contributed by atoms with Gasteiger partial charge >= 0.3 is 0 Å². The van der Waals surface area contributed by atoms with Gasteiger partial charge in [-0.3, -0.25) is 4.79 Å². The Morgan fingerprint density at radius 2 is 1.83 bits per heavy atom. The molecule has 0 spiro atoms. The van der Waals surface area contributed by atoms with E-state index in [1.165, 1.54) is 11.1 Å². The van der Waals surface area contributed by atoms with E-state index in [2.05, 4.69) is 27.8 Å². The summed E-state index contributed by atoms with van der Waals surface area (Å²) < 4.78 is 1.90. The number of aromatic nitrogens is 5. The van der Waals surface area contributed by atoms with Crippen LogP contribution in [0, 0.1) is 0 Å². The van der Waals surface area contributed by atoms with Gasteiger partial charge in [0.2, 0.25) is 5.82 Å².